The number of nitrogens with one attached hydrogen (secondary N) is 1. The van der Waals surface area contributed by atoms with Crippen LogP contribution in [0.3, 0.4) is 0 Å². The molecule has 0 radical (unpaired) electrons. The molecule has 9 nitrogen and oxygen atoms in total. The summed E-state index contributed by atoms with van der Waals surface area (Å²) >= 11 is 12.2. The van der Waals surface area contributed by atoms with Crippen LogP contribution in [-0.4, -0.2) is 42.4 Å². The molecule has 36 heavy (non-hydrogen) atoms. The Morgan fingerprint density at radius 2 is 1.78 bits per heavy atom. The molecule has 4 rings (SSSR count). The van der Waals surface area contributed by atoms with Crippen molar-refractivity contribution in [2.45, 2.75) is 19.4 Å². The topological polar surface area (TPSA) is 119 Å². The lowest BCUT2D eigenvalue weighted by Gasteiger charge is -2.16. The average molecular weight is 526 g/mol. The van der Waals surface area contributed by atoms with Gasteiger partial charge in [0.25, 0.3) is 11.5 Å². The molecule has 0 spiro atoms. The molecule has 1 amide bonds. The van der Waals surface area contributed by atoms with E-state index in [1.807, 2.05) is 6.92 Å². The number of hydrogen-bond donors (Lipinski definition) is 2. The van der Waals surface area contributed by atoms with E-state index < -0.39 is 17.9 Å². The zero-order valence-corrected chi connectivity index (χ0v) is 20.8. The first-order chi connectivity index (χ1) is 17.2. The molecular weight excluding hydrogens is 505 g/mol. The van der Waals surface area contributed by atoms with Gasteiger partial charge in [0.15, 0.2) is 0 Å². The molecule has 2 N–H and O–H groups in total. The molecule has 2 aromatic carbocycles. The van der Waals surface area contributed by atoms with Gasteiger partial charge in [-0.1, -0.05) is 53.5 Å². The van der Waals surface area contributed by atoms with E-state index >= 15 is 0 Å². The van der Waals surface area contributed by atoms with Gasteiger partial charge in [0, 0.05) is 25.9 Å². The number of carboxylic acid groups (broad SMARTS) is 1. The van der Waals surface area contributed by atoms with Crippen molar-refractivity contribution < 1.29 is 14.7 Å². The first kappa shape index (κ1) is 25.2. The molecule has 0 aliphatic carbocycles. The van der Waals surface area contributed by atoms with E-state index in [1.165, 1.54) is 16.8 Å². The molecule has 0 saturated heterocycles. The molecule has 4 aromatic rings. The smallest absolute Gasteiger partial charge is 0.326 e. The molecule has 11 heteroatoms. The first-order valence-electron chi connectivity index (χ1n) is 10.8. The minimum atomic E-state index is -1.23. The number of rotatable bonds is 7. The Labute approximate surface area is 215 Å². The molecule has 1 atom stereocenters. The van der Waals surface area contributed by atoms with Crippen molar-refractivity contribution in [1.82, 2.24) is 24.6 Å². The van der Waals surface area contributed by atoms with Crippen molar-refractivity contribution in [2.24, 2.45) is 7.05 Å². The summed E-state index contributed by atoms with van der Waals surface area (Å²) in [4.78, 5) is 41.8. The Balaban J connectivity index is 1.61. The third-order valence-corrected chi connectivity index (χ3v) is 6.31. The van der Waals surface area contributed by atoms with Crippen molar-refractivity contribution in [2.75, 3.05) is 0 Å². The van der Waals surface area contributed by atoms with Gasteiger partial charge in [0.2, 0.25) is 0 Å². The summed E-state index contributed by atoms with van der Waals surface area (Å²) in [6.07, 6.45) is 4.98. The van der Waals surface area contributed by atoms with Crippen LogP contribution in [0.25, 0.3) is 16.8 Å². The zero-order valence-electron chi connectivity index (χ0n) is 19.3. The number of halogens is 2. The van der Waals surface area contributed by atoms with Crippen molar-refractivity contribution in [3.63, 3.8) is 0 Å². The molecule has 0 bridgehead atoms. The second kappa shape index (κ2) is 10.3. The van der Waals surface area contributed by atoms with E-state index in [1.54, 1.807) is 60.5 Å². The second-order valence-electron chi connectivity index (χ2n) is 8.04. The van der Waals surface area contributed by atoms with E-state index in [-0.39, 0.29) is 27.6 Å². The van der Waals surface area contributed by atoms with Gasteiger partial charge in [-0.3, -0.25) is 9.59 Å². The van der Waals surface area contributed by atoms with Crippen LogP contribution in [0.15, 0.2) is 65.8 Å². The van der Waals surface area contributed by atoms with Crippen LogP contribution in [0.4, 0.5) is 0 Å². The number of hydrogen-bond acceptors (Lipinski definition) is 5. The van der Waals surface area contributed by atoms with Gasteiger partial charge in [-0.25, -0.2) is 14.5 Å². The maximum Gasteiger partial charge on any atom is 0.326 e. The molecule has 0 fully saturated rings. The van der Waals surface area contributed by atoms with E-state index in [4.69, 9.17) is 23.2 Å². The number of amides is 1. The quantitative estimate of drug-likeness (QED) is 0.379. The highest BCUT2D eigenvalue weighted by Crippen LogP contribution is 2.26. The fourth-order valence-corrected chi connectivity index (χ4v) is 4.37. The van der Waals surface area contributed by atoms with Crippen molar-refractivity contribution in [3.8, 4) is 16.8 Å². The number of aryl methyl sites for hydroxylation is 2. The van der Waals surface area contributed by atoms with Crippen LogP contribution in [0.5, 0.6) is 0 Å². The van der Waals surface area contributed by atoms with Gasteiger partial charge < -0.3 is 15.0 Å². The van der Waals surface area contributed by atoms with E-state index in [2.05, 4.69) is 15.4 Å². The molecule has 0 aliphatic heterocycles. The van der Waals surface area contributed by atoms with E-state index in [9.17, 15) is 19.5 Å². The molecule has 184 valence electrons. The molecular formula is C25H21Cl2N5O4. The first-order valence-corrected chi connectivity index (χ1v) is 11.6. The van der Waals surface area contributed by atoms with Gasteiger partial charge in [-0.15, -0.1) is 0 Å². The summed E-state index contributed by atoms with van der Waals surface area (Å²) < 4.78 is 3.02. The highest BCUT2D eigenvalue weighted by atomic mass is 35.5. The maximum atomic E-state index is 13.0. The Bertz CT molecular complexity index is 1490. The number of carbonyl (C=O) groups excluding carboxylic acids is 1. The number of benzene rings is 2. The number of aliphatic carboxylic acids is 1. The Morgan fingerprint density at radius 3 is 2.36 bits per heavy atom. The lowest BCUT2D eigenvalue weighted by atomic mass is 10.0. The SMILES string of the molecule is Cc1nccn1-c1cnn(C)c(=O)c1-c1ccc(C[C@H](NC(=O)c2c(Cl)cccc2Cl)C(=O)O)cc1. The summed E-state index contributed by atoms with van der Waals surface area (Å²) in [6, 6.07) is 10.2. The number of nitrogens with zero attached hydrogens (tertiary/aromatic N) is 4. The van der Waals surface area contributed by atoms with Gasteiger partial charge >= 0.3 is 5.97 Å². The average Bonchev–Trinajstić information content (AvgIpc) is 3.26. The van der Waals surface area contributed by atoms with Crippen molar-refractivity contribution >= 4 is 35.1 Å². The van der Waals surface area contributed by atoms with Crippen LogP contribution in [-0.2, 0) is 18.3 Å². The van der Waals surface area contributed by atoms with Gasteiger partial charge in [0.05, 0.1) is 33.1 Å². The predicted molar refractivity (Wildman–Crippen MR) is 136 cm³/mol. The summed E-state index contributed by atoms with van der Waals surface area (Å²) in [6.45, 7) is 1.82. The van der Waals surface area contributed by atoms with Crippen molar-refractivity contribution in [1.29, 1.82) is 0 Å². The normalized spacial score (nSPS) is 11.8. The third kappa shape index (κ3) is 5.02. The summed E-state index contributed by atoms with van der Waals surface area (Å²) in [5.41, 5.74) is 2.00. The number of imidazole rings is 1. The monoisotopic (exact) mass is 525 g/mol. The van der Waals surface area contributed by atoms with Crippen LogP contribution in [0.2, 0.25) is 10.0 Å². The van der Waals surface area contributed by atoms with Crippen LogP contribution in [0, 0.1) is 6.92 Å². The number of carbonyl (C=O) groups is 2. The molecule has 0 aliphatic rings. The molecule has 2 aromatic heterocycles. The highest BCUT2D eigenvalue weighted by molar-refractivity contribution is 6.39. The Hall–Kier alpha value is -3.95. The van der Waals surface area contributed by atoms with E-state index in [0.29, 0.717) is 28.2 Å². The Kier molecular flexibility index (Phi) is 7.23. The number of carboxylic acids is 1. The molecule has 0 unspecified atom stereocenters. The lowest BCUT2D eigenvalue weighted by Crippen LogP contribution is -2.42. The fraction of sp³-hybridized carbons (Fsp3) is 0.160. The Morgan fingerprint density at radius 1 is 1.11 bits per heavy atom. The third-order valence-electron chi connectivity index (χ3n) is 5.68. The zero-order chi connectivity index (χ0) is 26.0. The molecule has 2 heterocycles. The summed E-state index contributed by atoms with van der Waals surface area (Å²) in [5.74, 6) is -1.20. The predicted octanol–water partition coefficient (Wildman–Crippen LogP) is 3.67. The van der Waals surface area contributed by atoms with Crippen LogP contribution < -0.4 is 10.9 Å². The van der Waals surface area contributed by atoms with Gasteiger partial charge in [0.1, 0.15) is 11.9 Å². The lowest BCUT2D eigenvalue weighted by molar-refractivity contribution is -0.139. The maximum absolute atomic E-state index is 13.0. The number of aromatic nitrogens is 4. The summed E-state index contributed by atoms with van der Waals surface area (Å²) in [7, 11) is 1.57. The summed E-state index contributed by atoms with van der Waals surface area (Å²) in [5, 5.41) is 16.6. The van der Waals surface area contributed by atoms with Crippen LogP contribution >= 0.6 is 23.2 Å². The highest BCUT2D eigenvalue weighted by Gasteiger charge is 2.24. The van der Waals surface area contributed by atoms with Gasteiger partial charge in [-0.05, 0) is 30.2 Å². The molecule has 0 saturated carbocycles. The van der Waals surface area contributed by atoms with Gasteiger partial charge in [-0.2, -0.15) is 5.10 Å². The second-order valence-corrected chi connectivity index (χ2v) is 8.85. The standard InChI is InChI=1S/C25H21Cl2N5O4/c1-14-28-10-11-32(14)20-13-29-31(2)24(34)21(20)16-8-6-15(7-9-16)12-19(25(35)36)30-23(33)22-17(26)4-3-5-18(22)27/h3-11,13,19H,12H2,1-2H3,(H,30,33)(H,35,36)/t19-/m0/s1. The minimum absolute atomic E-state index is 0.00522. The fourth-order valence-electron chi connectivity index (χ4n) is 3.80. The largest absolute Gasteiger partial charge is 0.480 e. The minimum Gasteiger partial charge on any atom is -0.480 e. The van der Waals surface area contributed by atoms with Crippen LogP contribution in [0.1, 0.15) is 21.7 Å². The van der Waals surface area contributed by atoms with E-state index in [0.717, 1.165) is 0 Å². The van der Waals surface area contributed by atoms with Crippen molar-refractivity contribution in [3.05, 3.63) is 98.4 Å².